The van der Waals surface area contributed by atoms with Crippen LogP contribution in [-0.2, 0) is 11.0 Å². The molecule has 2 N–H and O–H groups in total. The molecule has 3 aliphatic heterocycles. The largest absolute Gasteiger partial charge is 0.461 e. The molecule has 3 aliphatic rings. The van der Waals surface area contributed by atoms with Gasteiger partial charge >= 0.3 is 12.2 Å². The van der Waals surface area contributed by atoms with Crippen molar-refractivity contribution in [3.8, 4) is 17.3 Å². The third-order valence-corrected chi connectivity index (χ3v) is 9.16. The first-order valence-corrected chi connectivity index (χ1v) is 14.7. The van der Waals surface area contributed by atoms with Crippen molar-refractivity contribution in [2.75, 3.05) is 50.5 Å². The molecule has 6 rings (SSSR count). The Kier molecular flexibility index (Phi) is 7.78. The number of hydrogen-bond acceptors (Lipinski definition) is 9. The predicted octanol–water partition coefficient (Wildman–Crippen LogP) is 4.31. The van der Waals surface area contributed by atoms with Gasteiger partial charge in [-0.3, -0.25) is 14.7 Å². The van der Waals surface area contributed by atoms with Gasteiger partial charge in [-0.15, -0.1) is 0 Å². The lowest BCUT2D eigenvalue weighted by atomic mass is 9.95. The first-order valence-electron chi connectivity index (χ1n) is 14.7. The highest BCUT2D eigenvalue weighted by Gasteiger charge is 2.49. The molecule has 1 amide bonds. The Balaban J connectivity index is 1.46. The fraction of sp³-hybridized carbons (Fsp3) is 0.500. The highest BCUT2D eigenvalue weighted by Crippen LogP contribution is 2.43. The number of halogens is 5. The number of likely N-dealkylation sites (N-methyl/N-ethyl adjacent to an activating group) is 1. The number of pyridine rings is 2. The zero-order valence-electron chi connectivity index (χ0n) is 24.9. The molecule has 0 saturated carbocycles. The molecule has 3 atom stereocenters. The minimum Gasteiger partial charge on any atom is -0.461 e. The van der Waals surface area contributed by atoms with Crippen LogP contribution in [0.5, 0.6) is 6.01 Å². The summed E-state index contributed by atoms with van der Waals surface area (Å²) in [6.07, 6.45) is -0.956. The van der Waals surface area contributed by atoms with E-state index in [1.54, 1.807) is 16.8 Å². The number of alkyl halides is 4. The van der Waals surface area contributed by atoms with Crippen molar-refractivity contribution in [2.45, 2.75) is 56.5 Å². The van der Waals surface area contributed by atoms with E-state index in [1.165, 1.54) is 12.3 Å². The number of amides is 1. The van der Waals surface area contributed by atoms with E-state index < -0.39 is 46.2 Å². The molecule has 10 nitrogen and oxygen atoms in total. The number of ether oxygens (including phenoxy) is 1. The number of nitrogens with two attached hydrogens (primary N) is 1. The number of nitrogen functional groups attached to an aromatic ring is 1. The fourth-order valence-corrected chi connectivity index (χ4v) is 6.99. The maximum absolute atomic E-state index is 16.4. The van der Waals surface area contributed by atoms with Crippen LogP contribution in [0.1, 0.15) is 36.9 Å². The predicted molar refractivity (Wildman–Crippen MR) is 157 cm³/mol. The molecule has 3 fully saturated rings. The Morgan fingerprint density at radius 3 is 2.78 bits per heavy atom. The van der Waals surface area contributed by atoms with Crippen LogP contribution >= 0.6 is 0 Å². The van der Waals surface area contributed by atoms with Gasteiger partial charge in [0.25, 0.3) is 0 Å². The van der Waals surface area contributed by atoms with Gasteiger partial charge in [-0.1, -0.05) is 6.58 Å². The first kappa shape index (κ1) is 30.9. The van der Waals surface area contributed by atoms with E-state index in [2.05, 4.69) is 26.5 Å². The van der Waals surface area contributed by atoms with E-state index >= 15 is 4.39 Å². The Morgan fingerprint density at radius 1 is 1.27 bits per heavy atom. The summed E-state index contributed by atoms with van der Waals surface area (Å²) >= 11 is 0. The van der Waals surface area contributed by atoms with Crippen molar-refractivity contribution < 1.29 is 31.5 Å². The van der Waals surface area contributed by atoms with Crippen LogP contribution in [0.3, 0.4) is 0 Å². The van der Waals surface area contributed by atoms with E-state index in [0.717, 1.165) is 26.0 Å². The highest BCUT2D eigenvalue weighted by atomic mass is 19.4. The second-order valence-corrected chi connectivity index (χ2v) is 12.0. The number of carbonyl (C=O) groups is 1. The average Bonchev–Trinajstić information content (AvgIpc) is 3.69. The second kappa shape index (κ2) is 11.3. The van der Waals surface area contributed by atoms with E-state index in [0.29, 0.717) is 32.5 Å². The zero-order valence-corrected chi connectivity index (χ0v) is 24.9. The Morgan fingerprint density at radius 2 is 2.04 bits per heavy atom. The topological polar surface area (TPSA) is 114 Å². The average molecular weight is 633 g/mol. The molecule has 240 valence electrons. The molecular formula is C30H33F5N8O2. The number of carbonyl (C=O) groups excluding carboxylic acids is 1. The molecular weight excluding hydrogens is 599 g/mol. The zero-order chi connectivity index (χ0) is 32.3. The highest BCUT2D eigenvalue weighted by molar-refractivity contribution is 5.92. The fourth-order valence-electron chi connectivity index (χ4n) is 6.99. The number of fused-ring (bicyclic) bond motifs is 2. The first-order chi connectivity index (χ1) is 21.3. The molecule has 15 heteroatoms. The maximum Gasteiger partial charge on any atom is 0.418 e. The molecule has 0 aromatic carbocycles. The number of likely N-dealkylation sites (tertiary alicyclic amines) is 1. The summed E-state index contributed by atoms with van der Waals surface area (Å²) in [5.41, 5.74) is 2.17. The van der Waals surface area contributed by atoms with Crippen LogP contribution in [0.4, 0.5) is 33.6 Å². The summed E-state index contributed by atoms with van der Waals surface area (Å²) in [7, 11) is 1.72. The lowest BCUT2D eigenvalue weighted by Gasteiger charge is -2.31. The lowest BCUT2D eigenvalue weighted by molar-refractivity contribution is -0.137. The maximum atomic E-state index is 16.4. The van der Waals surface area contributed by atoms with Crippen molar-refractivity contribution in [3.63, 3.8) is 0 Å². The van der Waals surface area contributed by atoms with Crippen LogP contribution in [0.25, 0.3) is 22.2 Å². The summed E-state index contributed by atoms with van der Waals surface area (Å²) in [5, 5.41) is 0.136. The molecule has 3 aromatic heterocycles. The molecule has 0 aliphatic carbocycles. The number of aryl methyl sites for hydroxylation is 1. The van der Waals surface area contributed by atoms with Gasteiger partial charge < -0.3 is 20.3 Å². The Bertz CT molecular complexity index is 1670. The standard InChI is InChI=1S/C30H33F5N8O2/c1-4-22(44)42-9-6-18(14-42)41(3)27-20-12-37-25(19-10-21(36)38-16(2)23(19)30(33,34)35)24(32)26(20)39-28(40-27)45-15-29-7-5-8-43(29)13-17(31)11-29/h4,10,12,17-18H,1,5-9,11,13-15H2,2-3H3,(H2,36,38)/t17-,18-,29+/m1/s1. The summed E-state index contributed by atoms with van der Waals surface area (Å²) in [5.74, 6) is -1.35. The number of rotatable bonds is 7. The Hall–Kier alpha value is -4.14. The van der Waals surface area contributed by atoms with E-state index in [-0.39, 0.29) is 53.5 Å². The smallest absolute Gasteiger partial charge is 0.418 e. The normalized spacial score (nSPS) is 23.5. The number of hydrogen-bond donors (Lipinski definition) is 1. The number of aromatic nitrogens is 4. The van der Waals surface area contributed by atoms with E-state index in [9.17, 15) is 22.4 Å². The van der Waals surface area contributed by atoms with E-state index in [4.69, 9.17) is 10.5 Å². The minimum absolute atomic E-state index is 0.0605. The molecule has 0 bridgehead atoms. The van der Waals surface area contributed by atoms with Crippen molar-refractivity contribution in [2.24, 2.45) is 0 Å². The molecule has 0 unspecified atom stereocenters. The van der Waals surface area contributed by atoms with Crippen LogP contribution in [0, 0.1) is 12.7 Å². The molecule has 0 radical (unpaired) electrons. The molecule has 3 saturated heterocycles. The minimum atomic E-state index is -4.87. The lowest BCUT2D eigenvalue weighted by Crippen LogP contribution is -2.43. The molecule has 45 heavy (non-hydrogen) atoms. The molecule has 0 spiro atoms. The Labute approximate surface area is 256 Å². The summed E-state index contributed by atoms with van der Waals surface area (Å²) < 4.78 is 79.3. The monoisotopic (exact) mass is 632 g/mol. The van der Waals surface area contributed by atoms with Gasteiger partial charge in [0.2, 0.25) is 5.91 Å². The second-order valence-electron chi connectivity index (χ2n) is 12.0. The summed E-state index contributed by atoms with van der Waals surface area (Å²) in [4.78, 5) is 34.4. The van der Waals surface area contributed by atoms with Gasteiger partial charge in [-0.2, -0.15) is 23.1 Å². The number of nitrogens with zero attached hydrogens (tertiary/aromatic N) is 7. The van der Waals surface area contributed by atoms with Gasteiger partial charge in [0, 0.05) is 50.9 Å². The van der Waals surface area contributed by atoms with E-state index in [1.807, 2.05) is 4.90 Å². The van der Waals surface area contributed by atoms with Gasteiger partial charge in [-0.25, -0.2) is 13.8 Å². The third kappa shape index (κ3) is 5.51. The third-order valence-electron chi connectivity index (χ3n) is 9.16. The summed E-state index contributed by atoms with van der Waals surface area (Å²) in [6, 6.07) is 0.500. The molecule has 3 aromatic rings. The van der Waals surface area contributed by atoms with Crippen LogP contribution in [-0.4, -0.2) is 93.2 Å². The SMILES string of the molecule is C=CC(=O)N1CC[C@@H](N(C)c2nc(OC[C@@]34CCCN3C[C@H](F)C4)nc3c(F)c(-c4cc(N)nc(C)c4C(F)(F)F)ncc23)C1. The van der Waals surface area contributed by atoms with Crippen LogP contribution < -0.4 is 15.4 Å². The van der Waals surface area contributed by atoms with Crippen molar-refractivity contribution in [1.29, 1.82) is 0 Å². The molecule has 6 heterocycles. The van der Waals surface area contributed by atoms with Crippen molar-refractivity contribution in [1.82, 2.24) is 29.7 Å². The van der Waals surface area contributed by atoms with Gasteiger partial charge in [-0.05, 0) is 44.9 Å². The van der Waals surface area contributed by atoms with Gasteiger partial charge in [0.05, 0.1) is 22.2 Å². The number of anilines is 2. The van der Waals surface area contributed by atoms with Crippen molar-refractivity contribution >= 4 is 28.4 Å². The van der Waals surface area contributed by atoms with Crippen molar-refractivity contribution in [3.05, 3.63) is 42.0 Å². The summed E-state index contributed by atoms with van der Waals surface area (Å²) in [6.45, 7) is 6.59. The van der Waals surface area contributed by atoms with Gasteiger partial charge in [0.15, 0.2) is 5.82 Å². The van der Waals surface area contributed by atoms with Gasteiger partial charge in [0.1, 0.15) is 35.6 Å². The van der Waals surface area contributed by atoms with Crippen LogP contribution in [0.2, 0.25) is 0 Å². The quantitative estimate of drug-likeness (QED) is 0.301. The van der Waals surface area contributed by atoms with Crippen LogP contribution in [0.15, 0.2) is 24.9 Å².